The standard InChI is InChI=1S/C25H17BrClF6N3O/c1-34-22(25(31,32)33)13-21(36-20-5-3-2-4-19(20)27)14-6-8-15(9-7-14)23(37)35-18-11-16(24(28,29)30)10-17(26)12-18/h2-13,34H,1H3,(H,35,37). The lowest BCUT2D eigenvalue weighted by Crippen LogP contribution is -2.24. The second-order valence-electron chi connectivity index (χ2n) is 7.51. The highest BCUT2D eigenvalue weighted by atomic mass is 79.9. The van der Waals surface area contributed by atoms with Crippen LogP contribution in [0.4, 0.5) is 37.7 Å². The van der Waals surface area contributed by atoms with Crippen molar-refractivity contribution in [1.82, 2.24) is 5.32 Å². The third-order valence-electron chi connectivity index (χ3n) is 4.87. The first-order chi connectivity index (χ1) is 17.3. The van der Waals surface area contributed by atoms with E-state index in [1.165, 1.54) is 42.5 Å². The Morgan fingerprint density at radius 3 is 2.14 bits per heavy atom. The van der Waals surface area contributed by atoms with Crippen LogP contribution in [0.3, 0.4) is 0 Å². The minimum Gasteiger partial charge on any atom is -0.384 e. The Balaban J connectivity index is 1.95. The molecule has 37 heavy (non-hydrogen) atoms. The lowest BCUT2D eigenvalue weighted by molar-refractivity contribution is -0.137. The summed E-state index contributed by atoms with van der Waals surface area (Å²) in [5.41, 5.74) is -1.68. The number of allylic oxidation sites excluding steroid dienone is 2. The van der Waals surface area contributed by atoms with Gasteiger partial charge in [-0.3, -0.25) is 4.79 Å². The van der Waals surface area contributed by atoms with Crippen molar-refractivity contribution in [3.63, 3.8) is 0 Å². The minimum atomic E-state index is -4.69. The van der Waals surface area contributed by atoms with Crippen LogP contribution in [0, 0.1) is 0 Å². The molecule has 2 N–H and O–H groups in total. The van der Waals surface area contributed by atoms with E-state index in [1.807, 2.05) is 0 Å². The van der Waals surface area contributed by atoms with Gasteiger partial charge >= 0.3 is 12.4 Å². The van der Waals surface area contributed by atoms with Gasteiger partial charge in [-0.05, 0) is 48.5 Å². The van der Waals surface area contributed by atoms with Crippen molar-refractivity contribution in [3.8, 4) is 0 Å². The maximum atomic E-state index is 13.4. The molecule has 1 amide bonds. The fourth-order valence-corrected chi connectivity index (χ4v) is 3.78. The number of halogens is 8. The fraction of sp³-hybridized carbons (Fsp3) is 0.120. The molecule has 3 rings (SSSR count). The first-order valence-corrected chi connectivity index (χ1v) is 11.5. The van der Waals surface area contributed by atoms with E-state index in [0.717, 1.165) is 25.3 Å². The Morgan fingerprint density at radius 1 is 0.946 bits per heavy atom. The number of nitrogens with zero attached hydrogens (tertiary/aromatic N) is 1. The van der Waals surface area contributed by atoms with Crippen LogP contribution >= 0.6 is 27.5 Å². The Morgan fingerprint density at radius 2 is 1.57 bits per heavy atom. The molecule has 0 aliphatic carbocycles. The van der Waals surface area contributed by atoms with Crippen LogP contribution in [0.15, 0.2) is 88.0 Å². The van der Waals surface area contributed by atoms with Crippen LogP contribution in [-0.4, -0.2) is 24.8 Å². The Hall–Kier alpha value is -3.31. The zero-order chi connectivity index (χ0) is 27.4. The van der Waals surface area contributed by atoms with Gasteiger partial charge in [-0.15, -0.1) is 0 Å². The molecule has 0 fully saturated rings. The smallest absolute Gasteiger partial charge is 0.384 e. The summed E-state index contributed by atoms with van der Waals surface area (Å²) in [4.78, 5) is 16.9. The van der Waals surface area contributed by atoms with Gasteiger partial charge in [-0.25, -0.2) is 4.99 Å². The summed E-state index contributed by atoms with van der Waals surface area (Å²) in [5, 5.41) is 4.69. The minimum absolute atomic E-state index is 0.0584. The maximum Gasteiger partial charge on any atom is 0.430 e. The van der Waals surface area contributed by atoms with E-state index in [0.29, 0.717) is 0 Å². The summed E-state index contributed by atoms with van der Waals surface area (Å²) in [6.45, 7) is 0. The molecule has 0 atom stereocenters. The summed E-state index contributed by atoms with van der Waals surface area (Å²) in [6.07, 6.45) is -8.49. The first kappa shape index (κ1) is 28.3. The quantitative estimate of drug-likeness (QED) is 0.220. The van der Waals surface area contributed by atoms with E-state index in [-0.39, 0.29) is 37.7 Å². The number of hydrogen-bond donors (Lipinski definition) is 2. The van der Waals surface area contributed by atoms with Crippen LogP contribution in [0.5, 0.6) is 0 Å². The number of nitrogens with one attached hydrogen (secondary N) is 2. The molecule has 0 saturated carbocycles. The topological polar surface area (TPSA) is 53.5 Å². The molecule has 3 aromatic carbocycles. The zero-order valence-electron chi connectivity index (χ0n) is 18.8. The molecule has 0 spiro atoms. The largest absolute Gasteiger partial charge is 0.430 e. The molecule has 0 saturated heterocycles. The van der Waals surface area contributed by atoms with Gasteiger partial charge in [-0.2, -0.15) is 26.3 Å². The van der Waals surface area contributed by atoms with Gasteiger partial charge in [0.15, 0.2) is 0 Å². The molecule has 194 valence electrons. The van der Waals surface area contributed by atoms with Crippen molar-refractivity contribution in [3.05, 3.63) is 105 Å². The van der Waals surface area contributed by atoms with Gasteiger partial charge in [0.25, 0.3) is 5.91 Å². The second kappa shape index (κ2) is 11.4. The number of alkyl halides is 6. The molecule has 3 aromatic rings. The highest BCUT2D eigenvalue weighted by Crippen LogP contribution is 2.33. The molecule has 0 aliphatic rings. The average molecular weight is 605 g/mol. The number of rotatable bonds is 6. The molecular weight excluding hydrogens is 588 g/mol. The number of benzene rings is 3. The van der Waals surface area contributed by atoms with Crippen molar-refractivity contribution in [2.45, 2.75) is 12.4 Å². The van der Waals surface area contributed by atoms with E-state index in [4.69, 9.17) is 11.6 Å². The van der Waals surface area contributed by atoms with E-state index < -0.39 is 29.5 Å². The van der Waals surface area contributed by atoms with Gasteiger partial charge in [0.05, 0.1) is 22.0 Å². The van der Waals surface area contributed by atoms with E-state index in [1.54, 1.807) is 12.1 Å². The molecule has 0 unspecified atom stereocenters. The molecule has 0 bridgehead atoms. The van der Waals surface area contributed by atoms with Crippen LogP contribution < -0.4 is 10.6 Å². The zero-order valence-corrected chi connectivity index (χ0v) is 21.1. The molecule has 0 aromatic heterocycles. The number of anilines is 1. The van der Waals surface area contributed by atoms with Crippen LogP contribution in [0.1, 0.15) is 21.5 Å². The molecular formula is C25H17BrClF6N3O. The van der Waals surface area contributed by atoms with E-state index >= 15 is 0 Å². The summed E-state index contributed by atoms with van der Waals surface area (Å²) in [5.74, 6) is -0.718. The van der Waals surface area contributed by atoms with Gasteiger partial charge in [0, 0.05) is 28.3 Å². The normalized spacial score (nSPS) is 12.9. The second-order valence-corrected chi connectivity index (χ2v) is 8.83. The van der Waals surface area contributed by atoms with Crippen molar-refractivity contribution >= 4 is 50.5 Å². The highest BCUT2D eigenvalue weighted by molar-refractivity contribution is 9.10. The third kappa shape index (κ3) is 7.59. The summed E-state index contributed by atoms with van der Waals surface area (Å²) >= 11 is 9.10. The van der Waals surface area contributed by atoms with Crippen LogP contribution in [-0.2, 0) is 6.18 Å². The van der Waals surface area contributed by atoms with Crippen LogP contribution in [0.25, 0.3) is 0 Å². The average Bonchev–Trinajstić information content (AvgIpc) is 2.81. The number of carbonyl (C=O) groups is 1. The van der Waals surface area contributed by atoms with Crippen molar-refractivity contribution in [2.75, 3.05) is 12.4 Å². The lowest BCUT2D eigenvalue weighted by atomic mass is 10.1. The number of para-hydroxylation sites is 1. The van der Waals surface area contributed by atoms with Gasteiger partial charge in [0.2, 0.25) is 0 Å². The third-order valence-corrected chi connectivity index (χ3v) is 5.65. The molecule has 0 aliphatic heterocycles. The van der Waals surface area contributed by atoms with Crippen molar-refractivity contribution in [2.24, 2.45) is 4.99 Å². The Labute approximate surface area is 221 Å². The molecule has 0 heterocycles. The summed E-state index contributed by atoms with van der Waals surface area (Å²) < 4.78 is 79.5. The molecule has 0 radical (unpaired) electrons. The Kier molecular flexibility index (Phi) is 8.70. The van der Waals surface area contributed by atoms with Gasteiger partial charge in [0.1, 0.15) is 5.70 Å². The fourth-order valence-electron chi connectivity index (χ4n) is 3.11. The van der Waals surface area contributed by atoms with Crippen molar-refractivity contribution < 1.29 is 31.1 Å². The maximum absolute atomic E-state index is 13.4. The Bertz CT molecular complexity index is 1350. The predicted octanol–water partition coefficient (Wildman–Crippen LogP) is 8.16. The number of carbonyl (C=O) groups excluding carboxylic acids is 1. The summed E-state index contributed by atoms with van der Waals surface area (Å²) in [7, 11) is 1.12. The number of hydrogen-bond acceptors (Lipinski definition) is 3. The number of aliphatic imine (C=N–C) groups is 1. The van der Waals surface area contributed by atoms with E-state index in [9.17, 15) is 31.1 Å². The van der Waals surface area contributed by atoms with Crippen molar-refractivity contribution in [1.29, 1.82) is 0 Å². The lowest BCUT2D eigenvalue weighted by Gasteiger charge is -2.13. The monoisotopic (exact) mass is 603 g/mol. The predicted molar refractivity (Wildman–Crippen MR) is 134 cm³/mol. The van der Waals surface area contributed by atoms with Gasteiger partial charge in [-0.1, -0.05) is 51.8 Å². The first-order valence-electron chi connectivity index (χ1n) is 10.4. The van der Waals surface area contributed by atoms with Gasteiger partial charge < -0.3 is 10.6 Å². The molecule has 4 nitrogen and oxygen atoms in total. The molecule has 12 heteroatoms. The SMILES string of the molecule is CNC(=CC(=Nc1ccccc1Cl)c1ccc(C(=O)Nc2cc(Br)cc(C(F)(F)F)c2)cc1)C(F)(F)F. The summed E-state index contributed by atoms with van der Waals surface area (Å²) in [6, 6.07) is 14.6. The number of amides is 1. The van der Waals surface area contributed by atoms with Crippen LogP contribution in [0.2, 0.25) is 5.02 Å². The highest BCUT2D eigenvalue weighted by Gasteiger charge is 2.33. The van der Waals surface area contributed by atoms with E-state index in [2.05, 4.69) is 31.6 Å².